The van der Waals surface area contributed by atoms with Gasteiger partial charge in [-0.25, -0.2) is 4.90 Å². The summed E-state index contributed by atoms with van der Waals surface area (Å²) in [6.45, 7) is -0.551. The quantitative estimate of drug-likeness (QED) is 0.183. The van der Waals surface area contributed by atoms with Gasteiger partial charge in [-0.05, 0) is 48.0 Å². The number of para-hydroxylation sites is 1. The molecule has 2 aliphatic heterocycles. The van der Waals surface area contributed by atoms with Crippen LogP contribution < -0.4 is 19.8 Å². The number of H-pyrrole nitrogens is 1. The van der Waals surface area contributed by atoms with Gasteiger partial charge >= 0.3 is 17.2 Å². The van der Waals surface area contributed by atoms with Crippen LogP contribution in [0.4, 0.5) is 37.7 Å². The Morgan fingerprint density at radius 3 is 2.30 bits per heavy atom. The summed E-state index contributed by atoms with van der Waals surface area (Å²) >= 11 is 1.74. The average Bonchev–Trinajstić information content (AvgIpc) is 3.49. The second-order valence-corrected chi connectivity index (χ2v) is 12.4. The van der Waals surface area contributed by atoms with Crippen LogP contribution in [0.15, 0.2) is 82.6 Å². The van der Waals surface area contributed by atoms with Crippen LogP contribution in [0.5, 0.6) is 5.75 Å². The number of anilines is 2. The number of carbonyl (C=O) groups is 3. The molecule has 3 atom stereocenters. The number of nitrogens with one attached hydrogen (secondary N) is 2. The third-order valence-electron chi connectivity index (χ3n) is 7.36. The van der Waals surface area contributed by atoms with Crippen molar-refractivity contribution < 1.29 is 45.5 Å². The van der Waals surface area contributed by atoms with E-state index in [1.165, 1.54) is 36.4 Å². The minimum Gasteiger partial charge on any atom is -0.484 e. The Labute approximate surface area is 263 Å². The van der Waals surface area contributed by atoms with E-state index in [0.717, 1.165) is 59.5 Å². The number of carbonyl (C=O) groups excluding carboxylic acids is 3. The van der Waals surface area contributed by atoms with Crippen molar-refractivity contribution in [3.05, 3.63) is 104 Å². The number of hydrogen-bond donors (Lipinski definition) is 2. The molecule has 46 heavy (non-hydrogen) atoms. The largest absolute Gasteiger partial charge is 0.484 e. The summed E-state index contributed by atoms with van der Waals surface area (Å²) in [6, 6.07) is 14.4. The molecule has 2 aliphatic rings. The van der Waals surface area contributed by atoms with Gasteiger partial charge in [0, 0.05) is 16.5 Å². The van der Waals surface area contributed by atoms with E-state index in [4.69, 9.17) is 4.74 Å². The van der Waals surface area contributed by atoms with E-state index < -0.39 is 75.5 Å². The highest BCUT2D eigenvalue weighted by molar-refractivity contribution is 8.00. The molecule has 0 spiro atoms. The van der Waals surface area contributed by atoms with Gasteiger partial charge in [-0.2, -0.15) is 26.3 Å². The molecule has 3 heterocycles. The number of hydrogen-bond acceptors (Lipinski definition) is 7. The van der Waals surface area contributed by atoms with Gasteiger partial charge < -0.3 is 15.0 Å². The van der Waals surface area contributed by atoms with Crippen molar-refractivity contribution in [2.45, 2.75) is 28.5 Å². The number of amides is 3. The number of rotatable bonds is 6. The smallest absolute Gasteiger partial charge is 0.418 e. The number of halogens is 6. The van der Waals surface area contributed by atoms with E-state index in [2.05, 4.69) is 10.3 Å². The second kappa shape index (κ2) is 11.7. The first-order valence-corrected chi connectivity index (χ1v) is 15.1. The number of benzene rings is 3. The average molecular weight is 680 g/mol. The number of thiazole rings is 1. The van der Waals surface area contributed by atoms with Crippen molar-refractivity contribution >= 4 is 52.2 Å². The maximum absolute atomic E-state index is 13.8. The van der Waals surface area contributed by atoms with Crippen LogP contribution in [0.2, 0.25) is 0 Å². The number of fused-ring (bicyclic) bond motifs is 2. The third kappa shape index (κ3) is 5.89. The SMILES string of the molecule is O=C(COc1ccc(C2c3sc(=O)[nH]c3SC3C(=O)N(c4ccccc4C(F)(F)F)C(=O)C32)cc1)Nc1cccc(C(F)(F)F)c1. The van der Waals surface area contributed by atoms with Gasteiger partial charge in [-0.1, -0.05) is 53.4 Å². The highest BCUT2D eigenvalue weighted by Gasteiger charge is 2.57. The second-order valence-electron chi connectivity index (χ2n) is 10.3. The van der Waals surface area contributed by atoms with Crippen LogP contribution >= 0.6 is 23.1 Å². The first-order chi connectivity index (χ1) is 21.7. The Kier molecular flexibility index (Phi) is 7.96. The van der Waals surface area contributed by atoms with Crippen molar-refractivity contribution in [3.63, 3.8) is 0 Å². The van der Waals surface area contributed by atoms with E-state index in [1.54, 1.807) is 0 Å². The van der Waals surface area contributed by atoms with E-state index >= 15 is 0 Å². The Morgan fingerprint density at radius 2 is 1.61 bits per heavy atom. The molecule has 8 nitrogen and oxygen atoms in total. The highest BCUT2D eigenvalue weighted by atomic mass is 32.2. The standard InChI is InChI=1S/C30H19F6N3O5S2/c31-29(32,33)15-4-3-5-16(12-15)37-20(40)13-44-17-10-8-14(9-11-17)21-22-24(45-25-23(21)46-28(43)38-25)27(42)39(26(22)41)19-7-2-1-6-18(19)30(34,35)36/h1-12,21-22,24H,13H2,(H,37,40)(H,38,43). The molecule has 3 amide bonds. The van der Waals surface area contributed by atoms with Gasteiger partial charge in [0.05, 0.1) is 27.8 Å². The molecular formula is C30H19F6N3O5S2. The lowest BCUT2D eigenvalue weighted by Crippen LogP contribution is -2.33. The summed E-state index contributed by atoms with van der Waals surface area (Å²) in [5.41, 5.74) is -2.27. The lowest BCUT2D eigenvalue weighted by molar-refractivity contribution is -0.138. The van der Waals surface area contributed by atoms with Crippen LogP contribution in [0.3, 0.4) is 0 Å². The van der Waals surface area contributed by atoms with Crippen molar-refractivity contribution in [3.8, 4) is 5.75 Å². The molecule has 3 aromatic carbocycles. The zero-order chi connectivity index (χ0) is 33.0. The van der Waals surface area contributed by atoms with Crippen LogP contribution in [-0.2, 0) is 26.7 Å². The minimum atomic E-state index is -4.83. The van der Waals surface area contributed by atoms with Gasteiger partial charge in [-0.3, -0.25) is 19.2 Å². The Hall–Kier alpha value is -4.57. The summed E-state index contributed by atoms with van der Waals surface area (Å²) in [5, 5.41) is 1.54. The summed E-state index contributed by atoms with van der Waals surface area (Å²) in [7, 11) is 0. The fraction of sp³-hybridized carbons (Fsp3) is 0.200. The van der Waals surface area contributed by atoms with Gasteiger partial charge in [-0.15, -0.1) is 0 Å². The molecule has 0 saturated carbocycles. The molecule has 1 saturated heterocycles. The molecule has 0 radical (unpaired) electrons. The van der Waals surface area contributed by atoms with Gasteiger partial charge in [0.1, 0.15) is 11.0 Å². The topological polar surface area (TPSA) is 109 Å². The number of alkyl halides is 6. The summed E-state index contributed by atoms with van der Waals surface area (Å²) < 4.78 is 85.8. The van der Waals surface area contributed by atoms with Gasteiger partial charge in [0.25, 0.3) is 5.91 Å². The lowest BCUT2D eigenvalue weighted by atomic mass is 9.83. The van der Waals surface area contributed by atoms with Crippen molar-refractivity contribution in [2.24, 2.45) is 5.92 Å². The highest BCUT2D eigenvalue weighted by Crippen LogP contribution is 2.54. The fourth-order valence-electron chi connectivity index (χ4n) is 5.41. The normalized spacial score (nSPS) is 19.5. The molecule has 0 bridgehead atoms. The van der Waals surface area contributed by atoms with Crippen molar-refractivity contribution in [1.29, 1.82) is 0 Å². The number of thioether (sulfide) groups is 1. The molecule has 1 fully saturated rings. The van der Waals surface area contributed by atoms with Crippen LogP contribution in [-0.4, -0.2) is 34.6 Å². The summed E-state index contributed by atoms with van der Waals surface area (Å²) in [6.07, 6.45) is -9.42. The number of aromatic nitrogens is 1. The van der Waals surface area contributed by atoms with E-state index in [9.17, 15) is 45.5 Å². The first kappa shape index (κ1) is 31.4. The first-order valence-electron chi connectivity index (χ1n) is 13.4. The Balaban J connectivity index is 1.24. The lowest BCUT2D eigenvalue weighted by Gasteiger charge is -2.29. The zero-order valence-electron chi connectivity index (χ0n) is 22.9. The molecule has 0 aliphatic carbocycles. The number of nitrogens with zero attached hydrogens (tertiary/aromatic N) is 1. The molecular weight excluding hydrogens is 660 g/mol. The van der Waals surface area contributed by atoms with Crippen LogP contribution in [0, 0.1) is 5.92 Å². The van der Waals surface area contributed by atoms with Gasteiger partial charge in [0.2, 0.25) is 11.8 Å². The molecule has 1 aromatic heterocycles. The summed E-state index contributed by atoms with van der Waals surface area (Å²) in [4.78, 5) is 55.2. The van der Waals surface area contributed by atoms with E-state index in [0.29, 0.717) is 20.4 Å². The molecule has 2 N–H and O–H groups in total. The van der Waals surface area contributed by atoms with Crippen molar-refractivity contribution in [1.82, 2.24) is 4.98 Å². The Morgan fingerprint density at radius 1 is 0.891 bits per heavy atom. The zero-order valence-corrected chi connectivity index (χ0v) is 24.6. The maximum atomic E-state index is 13.8. The number of ether oxygens (including phenoxy) is 1. The Bertz CT molecular complexity index is 1900. The van der Waals surface area contributed by atoms with E-state index in [-0.39, 0.29) is 11.4 Å². The monoisotopic (exact) mass is 679 g/mol. The predicted octanol–water partition coefficient (Wildman–Crippen LogP) is 6.29. The van der Waals surface area contributed by atoms with Gasteiger partial charge in [0.15, 0.2) is 6.61 Å². The van der Waals surface area contributed by atoms with Crippen LogP contribution in [0.1, 0.15) is 27.5 Å². The van der Waals surface area contributed by atoms with Crippen LogP contribution in [0.25, 0.3) is 0 Å². The molecule has 3 unspecified atom stereocenters. The minimum absolute atomic E-state index is 0.0764. The fourth-order valence-corrected chi connectivity index (χ4v) is 7.93. The molecule has 16 heteroatoms. The maximum Gasteiger partial charge on any atom is 0.418 e. The number of aromatic amines is 1. The number of imide groups is 1. The third-order valence-corrected chi connectivity index (χ3v) is 9.76. The predicted molar refractivity (Wildman–Crippen MR) is 156 cm³/mol. The molecule has 4 aromatic rings. The van der Waals surface area contributed by atoms with E-state index in [1.807, 2.05) is 0 Å². The molecule has 6 rings (SSSR count). The molecule has 238 valence electrons. The van der Waals surface area contributed by atoms with Crippen molar-refractivity contribution in [2.75, 3.05) is 16.8 Å². The summed E-state index contributed by atoms with van der Waals surface area (Å²) in [5.74, 6) is -4.24.